The first-order valence-corrected chi connectivity index (χ1v) is 8.19. The lowest BCUT2D eigenvalue weighted by atomic mass is 10.1. The third kappa shape index (κ3) is 4.02. The second-order valence-corrected chi connectivity index (χ2v) is 6.32. The molecule has 0 unspecified atom stereocenters. The Kier molecular flexibility index (Phi) is 5.01. The normalized spacial score (nSPS) is 16.4. The number of hydrogen-bond acceptors (Lipinski definition) is 2. The molecule has 0 aromatic heterocycles. The minimum absolute atomic E-state index is 0.602. The molecule has 1 aliphatic heterocycles. The smallest absolute Gasteiger partial charge is 0.368 e. The maximum atomic E-state index is 12.6. The van der Waals surface area contributed by atoms with Crippen LogP contribution in [-0.2, 0) is 12.7 Å². The summed E-state index contributed by atoms with van der Waals surface area (Å²) >= 11 is 6.23. The molecule has 0 bridgehead atoms. The van der Waals surface area contributed by atoms with Crippen LogP contribution in [0.5, 0.6) is 0 Å². The van der Waals surface area contributed by atoms with Gasteiger partial charge < -0.3 is 4.90 Å². The lowest BCUT2D eigenvalue weighted by Gasteiger charge is -2.36. The Labute approximate surface area is 144 Å². The number of halogens is 4. The molecule has 0 spiro atoms. The molecular formula is C18H18ClF3N2. The lowest BCUT2D eigenvalue weighted by Crippen LogP contribution is -2.46. The summed E-state index contributed by atoms with van der Waals surface area (Å²) in [6.07, 6.45) is -4.28. The molecule has 1 aliphatic rings. The molecule has 0 atom stereocenters. The molecule has 6 heteroatoms. The molecule has 0 radical (unpaired) electrons. The molecule has 128 valence electrons. The van der Waals surface area contributed by atoms with Gasteiger partial charge >= 0.3 is 6.18 Å². The summed E-state index contributed by atoms with van der Waals surface area (Å²) in [5, 5.41) is 0.744. The summed E-state index contributed by atoms with van der Waals surface area (Å²) in [6.45, 7) is 4.07. The first-order chi connectivity index (χ1) is 11.4. The second kappa shape index (κ2) is 7.03. The van der Waals surface area contributed by atoms with Crippen LogP contribution < -0.4 is 4.90 Å². The molecule has 2 aromatic carbocycles. The van der Waals surface area contributed by atoms with E-state index in [2.05, 4.69) is 9.80 Å². The van der Waals surface area contributed by atoms with Gasteiger partial charge in [-0.15, -0.1) is 0 Å². The molecule has 1 heterocycles. The Bertz CT molecular complexity index is 677. The van der Waals surface area contributed by atoms with E-state index in [9.17, 15) is 13.2 Å². The quantitative estimate of drug-likeness (QED) is 0.789. The Morgan fingerprint density at radius 3 is 2.08 bits per heavy atom. The zero-order valence-electron chi connectivity index (χ0n) is 13.1. The van der Waals surface area contributed by atoms with E-state index in [1.807, 2.05) is 24.3 Å². The van der Waals surface area contributed by atoms with Gasteiger partial charge in [0.1, 0.15) is 0 Å². The number of para-hydroxylation sites is 1. The SMILES string of the molecule is FC(F)(F)c1ccc(CN2CCN(c3ccccc3Cl)CC2)cc1. The van der Waals surface area contributed by atoms with Gasteiger partial charge in [0.05, 0.1) is 16.3 Å². The van der Waals surface area contributed by atoms with Gasteiger partial charge in [-0.05, 0) is 29.8 Å². The second-order valence-electron chi connectivity index (χ2n) is 5.91. The number of hydrogen-bond donors (Lipinski definition) is 0. The van der Waals surface area contributed by atoms with Crippen LogP contribution in [0, 0.1) is 0 Å². The average Bonchev–Trinajstić information content (AvgIpc) is 2.56. The summed E-state index contributed by atoms with van der Waals surface area (Å²) in [4.78, 5) is 4.49. The van der Waals surface area contributed by atoms with Crippen molar-refractivity contribution in [3.8, 4) is 0 Å². The highest BCUT2D eigenvalue weighted by Crippen LogP contribution is 2.29. The molecule has 0 aliphatic carbocycles. The maximum absolute atomic E-state index is 12.6. The van der Waals surface area contributed by atoms with Crippen molar-refractivity contribution in [1.29, 1.82) is 0 Å². The highest BCUT2D eigenvalue weighted by atomic mass is 35.5. The maximum Gasteiger partial charge on any atom is 0.416 e. The molecule has 0 saturated carbocycles. The molecule has 2 nitrogen and oxygen atoms in total. The van der Waals surface area contributed by atoms with E-state index in [0.29, 0.717) is 6.54 Å². The molecule has 0 amide bonds. The van der Waals surface area contributed by atoms with Crippen LogP contribution in [0.25, 0.3) is 0 Å². The van der Waals surface area contributed by atoms with Gasteiger partial charge in [0.2, 0.25) is 0 Å². The van der Waals surface area contributed by atoms with Gasteiger partial charge in [0, 0.05) is 32.7 Å². The molecular weight excluding hydrogens is 337 g/mol. The lowest BCUT2D eigenvalue weighted by molar-refractivity contribution is -0.137. The zero-order valence-corrected chi connectivity index (χ0v) is 13.8. The van der Waals surface area contributed by atoms with Crippen LogP contribution in [0.15, 0.2) is 48.5 Å². The van der Waals surface area contributed by atoms with E-state index in [4.69, 9.17) is 11.6 Å². The standard InChI is InChI=1S/C18H18ClF3N2/c19-16-3-1-2-4-17(16)24-11-9-23(10-12-24)13-14-5-7-15(8-6-14)18(20,21)22/h1-8H,9-13H2. The summed E-state index contributed by atoms with van der Waals surface area (Å²) in [7, 11) is 0. The molecule has 24 heavy (non-hydrogen) atoms. The number of piperazine rings is 1. The van der Waals surface area contributed by atoms with E-state index in [0.717, 1.165) is 54.6 Å². The Hall–Kier alpha value is -1.72. The zero-order chi connectivity index (χ0) is 17.2. The van der Waals surface area contributed by atoms with Gasteiger partial charge in [-0.25, -0.2) is 0 Å². The fraction of sp³-hybridized carbons (Fsp3) is 0.333. The van der Waals surface area contributed by atoms with Crippen molar-refractivity contribution < 1.29 is 13.2 Å². The van der Waals surface area contributed by atoms with Gasteiger partial charge in [0.25, 0.3) is 0 Å². The van der Waals surface area contributed by atoms with Crippen molar-refractivity contribution in [2.24, 2.45) is 0 Å². The predicted molar refractivity (Wildman–Crippen MR) is 90.4 cm³/mol. The average molecular weight is 355 g/mol. The van der Waals surface area contributed by atoms with Crippen LogP contribution in [0.4, 0.5) is 18.9 Å². The molecule has 2 aromatic rings. The van der Waals surface area contributed by atoms with E-state index in [1.165, 1.54) is 0 Å². The fourth-order valence-corrected chi connectivity index (χ4v) is 3.17. The summed E-state index contributed by atoms with van der Waals surface area (Å²) in [6, 6.07) is 13.2. The van der Waals surface area contributed by atoms with Crippen molar-refractivity contribution in [1.82, 2.24) is 4.90 Å². The first-order valence-electron chi connectivity index (χ1n) is 7.81. The number of rotatable bonds is 3. The predicted octanol–water partition coefficient (Wildman–Crippen LogP) is 4.68. The molecule has 1 fully saturated rings. The molecule has 1 saturated heterocycles. The monoisotopic (exact) mass is 354 g/mol. The third-order valence-electron chi connectivity index (χ3n) is 4.25. The van der Waals surface area contributed by atoms with Crippen LogP contribution in [0.1, 0.15) is 11.1 Å². The van der Waals surface area contributed by atoms with Gasteiger partial charge in [0.15, 0.2) is 0 Å². The number of anilines is 1. The van der Waals surface area contributed by atoms with Crippen molar-refractivity contribution in [3.63, 3.8) is 0 Å². The van der Waals surface area contributed by atoms with E-state index in [-0.39, 0.29) is 0 Å². The van der Waals surface area contributed by atoms with Gasteiger partial charge in [-0.2, -0.15) is 13.2 Å². The topological polar surface area (TPSA) is 6.48 Å². The van der Waals surface area contributed by atoms with Gasteiger partial charge in [-0.3, -0.25) is 4.90 Å². The summed E-state index contributed by atoms with van der Waals surface area (Å²) in [5.74, 6) is 0. The summed E-state index contributed by atoms with van der Waals surface area (Å²) in [5.41, 5.74) is 1.33. The number of benzene rings is 2. The minimum Gasteiger partial charge on any atom is -0.368 e. The van der Waals surface area contributed by atoms with Crippen molar-refractivity contribution in [2.45, 2.75) is 12.7 Å². The van der Waals surface area contributed by atoms with Crippen molar-refractivity contribution >= 4 is 17.3 Å². The Morgan fingerprint density at radius 2 is 1.50 bits per heavy atom. The van der Waals surface area contributed by atoms with Crippen molar-refractivity contribution in [2.75, 3.05) is 31.1 Å². The third-order valence-corrected chi connectivity index (χ3v) is 4.57. The van der Waals surface area contributed by atoms with Crippen LogP contribution in [-0.4, -0.2) is 31.1 Å². The minimum atomic E-state index is -4.28. The molecule has 0 N–H and O–H groups in total. The van der Waals surface area contributed by atoms with E-state index < -0.39 is 11.7 Å². The van der Waals surface area contributed by atoms with Gasteiger partial charge in [-0.1, -0.05) is 35.9 Å². The van der Waals surface area contributed by atoms with E-state index in [1.54, 1.807) is 12.1 Å². The highest BCUT2D eigenvalue weighted by Gasteiger charge is 2.30. The largest absolute Gasteiger partial charge is 0.416 e. The van der Waals surface area contributed by atoms with Crippen molar-refractivity contribution in [3.05, 3.63) is 64.7 Å². The number of alkyl halides is 3. The van der Waals surface area contributed by atoms with Crippen LogP contribution in [0.2, 0.25) is 5.02 Å². The van der Waals surface area contributed by atoms with Crippen LogP contribution >= 0.6 is 11.6 Å². The fourth-order valence-electron chi connectivity index (χ4n) is 2.91. The van der Waals surface area contributed by atoms with E-state index >= 15 is 0 Å². The Morgan fingerprint density at radius 1 is 0.875 bits per heavy atom. The number of nitrogens with zero attached hydrogens (tertiary/aromatic N) is 2. The molecule has 3 rings (SSSR count). The Balaban J connectivity index is 1.57. The highest BCUT2D eigenvalue weighted by molar-refractivity contribution is 6.33. The first kappa shape index (κ1) is 17.1. The van der Waals surface area contributed by atoms with Crippen LogP contribution in [0.3, 0.4) is 0 Å². The summed E-state index contributed by atoms with van der Waals surface area (Å²) < 4.78 is 37.8.